The topological polar surface area (TPSA) is 29.5 Å². The number of aliphatic hydroxyl groups excluding tert-OH is 1. The van der Waals surface area contributed by atoms with Crippen molar-refractivity contribution in [2.45, 2.75) is 24.9 Å². The number of alkyl halides is 6. The first kappa shape index (κ1) is 18.1. The van der Waals surface area contributed by atoms with Crippen molar-refractivity contribution in [3.63, 3.8) is 0 Å². The van der Waals surface area contributed by atoms with Crippen molar-refractivity contribution >= 4 is 15.9 Å². The average molecular weight is 381 g/mol. The lowest BCUT2D eigenvalue weighted by Crippen LogP contribution is -2.45. The maximum atomic E-state index is 12.5. The summed E-state index contributed by atoms with van der Waals surface area (Å²) in [5.41, 5.74) is 0.0397. The summed E-state index contributed by atoms with van der Waals surface area (Å²) in [5.74, 6) is -3.71. The fraction of sp³-hybridized carbons (Fsp3) is 0.500. The van der Waals surface area contributed by atoms with Gasteiger partial charge in [0.25, 0.3) is 0 Å². The molecule has 1 rings (SSSR count). The standard InChI is InChI=1S/C12H11BrF6O2/c1-21-9-3-2-7(13)4-6(9)5-8(20)10(11(14,15)16)12(17,18)19/h2-4,8,10,20H,5H2,1H3. The molecule has 9 heteroatoms. The molecule has 1 N–H and O–H groups in total. The third kappa shape index (κ3) is 4.77. The molecule has 2 nitrogen and oxygen atoms in total. The first-order chi connectivity index (χ1) is 9.46. The first-order valence-electron chi connectivity index (χ1n) is 5.60. The van der Waals surface area contributed by atoms with Crippen LogP contribution >= 0.6 is 15.9 Å². The van der Waals surface area contributed by atoms with E-state index < -0.39 is 30.8 Å². The molecule has 120 valence electrons. The predicted octanol–water partition coefficient (Wildman–Crippen LogP) is 4.10. The van der Waals surface area contributed by atoms with Crippen molar-refractivity contribution in [1.29, 1.82) is 0 Å². The lowest BCUT2D eigenvalue weighted by atomic mass is 9.94. The molecule has 0 saturated heterocycles. The van der Waals surface area contributed by atoms with Crippen molar-refractivity contribution < 1.29 is 36.2 Å². The second-order valence-electron chi connectivity index (χ2n) is 4.29. The van der Waals surface area contributed by atoms with Crippen molar-refractivity contribution in [2.75, 3.05) is 7.11 Å². The van der Waals surface area contributed by atoms with Crippen molar-refractivity contribution in [2.24, 2.45) is 5.92 Å². The number of ether oxygens (including phenoxy) is 1. The Morgan fingerprint density at radius 3 is 2.10 bits per heavy atom. The van der Waals surface area contributed by atoms with Gasteiger partial charge in [0.05, 0.1) is 13.2 Å². The highest BCUT2D eigenvalue weighted by molar-refractivity contribution is 9.10. The molecule has 0 aliphatic carbocycles. The van der Waals surface area contributed by atoms with Crippen molar-refractivity contribution in [3.8, 4) is 5.75 Å². The summed E-state index contributed by atoms with van der Waals surface area (Å²) in [5, 5.41) is 9.43. The molecular formula is C12H11BrF6O2. The molecule has 0 fully saturated rings. The molecule has 1 aromatic rings. The summed E-state index contributed by atoms with van der Waals surface area (Å²) in [6, 6.07) is 4.19. The third-order valence-corrected chi connectivity index (χ3v) is 3.25. The minimum atomic E-state index is -5.59. The summed E-state index contributed by atoms with van der Waals surface area (Å²) in [7, 11) is 1.23. The van der Waals surface area contributed by atoms with Gasteiger partial charge in [0, 0.05) is 10.9 Å². The van der Waals surface area contributed by atoms with E-state index in [1.165, 1.54) is 25.3 Å². The number of methoxy groups -OCH3 is 1. The lowest BCUT2D eigenvalue weighted by Gasteiger charge is -2.27. The number of benzene rings is 1. The average Bonchev–Trinajstić information content (AvgIpc) is 2.24. The molecule has 1 aromatic carbocycles. The monoisotopic (exact) mass is 380 g/mol. The third-order valence-electron chi connectivity index (χ3n) is 2.76. The van der Waals surface area contributed by atoms with Gasteiger partial charge in [-0.15, -0.1) is 0 Å². The molecule has 1 atom stereocenters. The minimum absolute atomic E-state index is 0.0397. The number of hydrogen-bond acceptors (Lipinski definition) is 2. The first-order valence-corrected chi connectivity index (χ1v) is 6.40. The van der Waals surface area contributed by atoms with Gasteiger partial charge in [-0.2, -0.15) is 26.3 Å². The zero-order valence-electron chi connectivity index (χ0n) is 10.6. The largest absolute Gasteiger partial charge is 0.496 e. The van der Waals surface area contributed by atoms with Gasteiger partial charge < -0.3 is 9.84 Å². The van der Waals surface area contributed by atoms with Crippen LogP contribution < -0.4 is 4.74 Å². The summed E-state index contributed by atoms with van der Waals surface area (Å²) >= 11 is 3.05. The van der Waals surface area contributed by atoms with E-state index in [0.29, 0.717) is 4.47 Å². The molecule has 0 saturated carbocycles. The fourth-order valence-electron chi connectivity index (χ4n) is 1.87. The van der Waals surface area contributed by atoms with Crippen LogP contribution in [0.5, 0.6) is 5.75 Å². The van der Waals surface area contributed by atoms with Crippen LogP contribution in [0.1, 0.15) is 5.56 Å². The Morgan fingerprint density at radius 2 is 1.67 bits per heavy atom. The molecule has 0 aliphatic heterocycles. The Bertz CT molecular complexity index is 472. The van der Waals surface area contributed by atoms with Gasteiger partial charge in [-0.25, -0.2) is 0 Å². The zero-order valence-corrected chi connectivity index (χ0v) is 12.2. The molecule has 0 bridgehead atoms. The molecule has 0 heterocycles. The lowest BCUT2D eigenvalue weighted by molar-refractivity contribution is -0.305. The van der Waals surface area contributed by atoms with Crippen LogP contribution in [0.2, 0.25) is 0 Å². The SMILES string of the molecule is COc1ccc(Br)cc1CC(O)C(C(F)(F)F)C(F)(F)F. The summed E-state index contributed by atoms with van der Waals surface area (Å²) < 4.78 is 80.4. The molecule has 21 heavy (non-hydrogen) atoms. The van der Waals surface area contributed by atoms with Gasteiger partial charge in [-0.05, 0) is 23.8 Å². The second kappa shape index (κ2) is 6.43. The molecule has 0 aromatic heterocycles. The predicted molar refractivity (Wildman–Crippen MR) is 66.0 cm³/mol. The van der Waals surface area contributed by atoms with Gasteiger partial charge in [0.15, 0.2) is 5.92 Å². The van der Waals surface area contributed by atoms with Gasteiger partial charge in [-0.1, -0.05) is 15.9 Å². The Labute approximate surface area is 124 Å². The Balaban J connectivity index is 3.08. The summed E-state index contributed by atoms with van der Waals surface area (Å²) in [4.78, 5) is 0. The van der Waals surface area contributed by atoms with Crippen LogP contribution in [0.15, 0.2) is 22.7 Å². The van der Waals surface area contributed by atoms with Crippen LogP contribution in [-0.4, -0.2) is 30.7 Å². The van der Waals surface area contributed by atoms with Gasteiger partial charge in [-0.3, -0.25) is 0 Å². The van der Waals surface area contributed by atoms with Crippen LogP contribution in [0, 0.1) is 5.92 Å². The Morgan fingerprint density at radius 1 is 1.14 bits per heavy atom. The fourth-order valence-corrected chi connectivity index (χ4v) is 2.28. The van der Waals surface area contributed by atoms with Crippen molar-refractivity contribution in [3.05, 3.63) is 28.2 Å². The second-order valence-corrected chi connectivity index (χ2v) is 5.20. The van der Waals surface area contributed by atoms with Crippen LogP contribution in [0.4, 0.5) is 26.3 Å². The van der Waals surface area contributed by atoms with E-state index >= 15 is 0 Å². The van der Waals surface area contributed by atoms with E-state index in [4.69, 9.17) is 4.74 Å². The van der Waals surface area contributed by atoms with E-state index in [9.17, 15) is 31.4 Å². The molecule has 0 amide bonds. The molecule has 1 unspecified atom stereocenters. The number of hydrogen-bond donors (Lipinski definition) is 1. The Kier molecular flexibility index (Phi) is 5.54. The van der Waals surface area contributed by atoms with E-state index in [1.807, 2.05) is 0 Å². The summed E-state index contributed by atoms with van der Waals surface area (Å²) in [6.45, 7) is 0. The highest BCUT2D eigenvalue weighted by atomic mass is 79.9. The van der Waals surface area contributed by atoms with E-state index in [0.717, 1.165) is 0 Å². The zero-order chi connectivity index (χ0) is 16.4. The quantitative estimate of drug-likeness (QED) is 0.796. The normalized spacial score (nSPS) is 14.4. The summed E-state index contributed by atoms with van der Waals surface area (Å²) in [6.07, 6.45) is -14.7. The van der Waals surface area contributed by atoms with Crippen LogP contribution in [-0.2, 0) is 6.42 Å². The molecule has 0 spiro atoms. The minimum Gasteiger partial charge on any atom is -0.496 e. The van der Waals surface area contributed by atoms with Gasteiger partial charge in [0.1, 0.15) is 5.75 Å². The smallest absolute Gasteiger partial charge is 0.403 e. The Hall–Kier alpha value is -0.960. The molecular weight excluding hydrogens is 370 g/mol. The van der Waals surface area contributed by atoms with Gasteiger partial charge >= 0.3 is 12.4 Å². The number of halogens is 7. The molecule has 0 aliphatic rings. The number of rotatable bonds is 4. The van der Waals surface area contributed by atoms with E-state index in [1.54, 1.807) is 0 Å². The van der Waals surface area contributed by atoms with Gasteiger partial charge in [0.2, 0.25) is 0 Å². The van der Waals surface area contributed by atoms with E-state index in [-0.39, 0.29) is 11.3 Å². The maximum absolute atomic E-state index is 12.5. The number of aliphatic hydroxyl groups is 1. The highest BCUT2D eigenvalue weighted by Crippen LogP contribution is 2.42. The van der Waals surface area contributed by atoms with Crippen molar-refractivity contribution in [1.82, 2.24) is 0 Å². The van der Waals surface area contributed by atoms with Crippen LogP contribution in [0.25, 0.3) is 0 Å². The van der Waals surface area contributed by atoms with E-state index in [2.05, 4.69) is 15.9 Å². The molecule has 0 radical (unpaired) electrons. The maximum Gasteiger partial charge on any atom is 0.403 e. The van der Waals surface area contributed by atoms with Crippen LogP contribution in [0.3, 0.4) is 0 Å². The highest BCUT2D eigenvalue weighted by Gasteiger charge is 2.60.